The maximum Gasteiger partial charge on any atom is 0.0878 e. The van der Waals surface area contributed by atoms with E-state index in [0.29, 0.717) is 0 Å². The molecule has 0 amide bonds. The molecule has 0 N–H and O–H groups in total. The molecule has 4 heteroatoms. The molecule has 78 heavy (non-hydrogen) atoms. The number of rotatable bonds is 8. The van der Waals surface area contributed by atoms with Crippen LogP contribution in [0.2, 0.25) is 26.2 Å². The largest absolute Gasteiger partial charge is 0.365 e. The molecule has 0 spiro atoms. The van der Waals surface area contributed by atoms with Gasteiger partial charge in [-0.05, 0) is 101 Å². The van der Waals surface area contributed by atoms with Gasteiger partial charge in [0.05, 0.1) is 40.6 Å². The molecule has 12 atom stereocenters. The standard InChI is InChI=1S/C74H62O2Si2/c1-77(2)71(51-37-21-9-22-38-51)59(47-29-13-5-14-30-47)60(48-31-15-6-16-32-48)72(77,52-39-23-10-24-40-52)64-63(71)67-55-45-57-58(46-56(55)68(64)75-67)70-66-65(69(57)76-70)73(53-41-25-11-26-42-53)61(49-33-17-7-18-34-49)62(50-35-19-8-20-36-50)74(66,78(73,3)4)54-43-27-12-28-44-54/h5-46,63-70H,1-4H3/t63-,64+,65+,66-,67+,68-,69-,70+,71+,72-,73-,74+. The Hall–Kier alpha value is -7.19. The molecular formula is C74H62O2Si2. The van der Waals surface area contributed by atoms with Crippen molar-refractivity contribution in [3.63, 3.8) is 0 Å². The molecule has 0 aromatic heterocycles. The minimum Gasteiger partial charge on any atom is -0.365 e. The summed E-state index contributed by atoms with van der Waals surface area (Å²) in [5.74, 6) is 0.830. The summed E-state index contributed by atoms with van der Waals surface area (Å²) in [6, 6.07) is 98.7. The zero-order valence-electron chi connectivity index (χ0n) is 44.7. The van der Waals surface area contributed by atoms with E-state index in [0.717, 1.165) is 0 Å². The van der Waals surface area contributed by atoms with Gasteiger partial charge in [-0.2, -0.15) is 0 Å². The molecular weight excluding hydrogens is 977 g/mol. The number of allylic oxidation sites excluding steroid dienone is 4. The normalized spacial score (nSPS) is 33.1. The van der Waals surface area contributed by atoms with Gasteiger partial charge in [0.1, 0.15) is 0 Å². The molecule has 0 unspecified atom stereocenters. The summed E-state index contributed by atoms with van der Waals surface area (Å²) in [4.78, 5) is 0. The van der Waals surface area contributed by atoms with Crippen LogP contribution in [0.25, 0.3) is 22.3 Å². The number of hydrogen-bond donors (Lipinski definition) is 0. The first kappa shape index (κ1) is 45.8. The van der Waals surface area contributed by atoms with Crippen LogP contribution in [0.15, 0.2) is 255 Å². The lowest BCUT2D eigenvalue weighted by Crippen LogP contribution is -2.57. The Morgan fingerprint density at radius 1 is 0.256 bits per heavy atom. The van der Waals surface area contributed by atoms with E-state index in [1.54, 1.807) is 0 Å². The van der Waals surface area contributed by atoms with Crippen molar-refractivity contribution in [3.05, 3.63) is 322 Å². The summed E-state index contributed by atoms with van der Waals surface area (Å²) in [7, 11) is -5.25. The van der Waals surface area contributed by atoms with Gasteiger partial charge in [0, 0.05) is 43.8 Å². The molecule has 8 aliphatic rings. The minimum atomic E-state index is -2.62. The summed E-state index contributed by atoms with van der Waals surface area (Å²) < 4.78 is 16.0. The first-order chi connectivity index (χ1) is 38.3. The third-order valence-corrected chi connectivity index (χ3v) is 33.7. The second-order valence-corrected chi connectivity index (χ2v) is 34.7. The molecule has 0 aliphatic carbocycles. The van der Waals surface area contributed by atoms with Crippen LogP contribution >= 0.6 is 0 Å². The van der Waals surface area contributed by atoms with Gasteiger partial charge in [0.25, 0.3) is 0 Å². The number of fused-ring (bicyclic) bond motifs is 24. The van der Waals surface area contributed by atoms with Gasteiger partial charge in [-0.25, -0.2) is 0 Å². The second kappa shape index (κ2) is 15.8. The smallest absolute Gasteiger partial charge is 0.0878 e. The van der Waals surface area contributed by atoms with Crippen LogP contribution in [0.1, 0.15) is 91.2 Å². The molecule has 9 aromatic rings. The fraction of sp³-hybridized carbons (Fsp3) is 0.216. The maximum absolute atomic E-state index is 7.98. The third-order valence-electron chi connectivity index (χ3n) is 22.4. The molecule has 17 rings (SSSR count). The van der Waals surface area contributed by atoms with E-state index in [1.807, 2.05) is 0 Å². The van der Waals surface area contributed by atoms with Gasteiger partial charge in [0.15, 0.2) is 0 Å². The molecule has 0 radical (unpaired) electrons. The molecule has 8 heterocycles. The van der Waals surface area contributed by atoms with Crippen molar-refractivity contribution in [2.24, 2.45) is 23.7 Å². The van der Waals surface area contributed by atoms with Gasteiger partial charge in [-0.1, -0.05) is 269 Å². The Morgan fingerprint density at radius 2 is 0.436 bits per heavy atom. The monoisotopic (exact) mass is 1040 g/mol. The average Bonchev–Trinajstić information content (AvgIpc) is 1.89. The zero-order valence-corrected chi connectivity index (χ0v) is 46.7. The first-order valence-corrected chi connectivity index (χ1v) is 34.7. The van der Waals surface area contributed by atoms with Crippen LogP contribution in [-0.4, -0.2) is 16.1 Å². The predicted molar refractivity (Wildman–Crippen MR) is 320 cm³/mol. The predicted octanol–water partition coefficient (Wildman–Crippen LogP) is 17.0. The quantitative estimate of drug-likeness (QED) is 0.141. The summed E-state index contributed by atoms with van der Waals surface area (Å²) in [6.07, 6.45) is -0.341. The van der Waals surface area contributed by atoms with E-state index in [-0.39, 0.29) is 68.2 Å². The molecule has 378 valence electrons. The highest BCUT2D eigenvalue weighted by atomic mass is 28.3. The van der Waals surface area contributed by atoms with E-state index in [4.69, 9.17) is 9.47 Å². The second-order valence-electron chi connectivity index (χ2n) is 25.1. The van der Waals surface area contributed by atoms with Crippen molar-refractivity contribution >= 4 is 38.4 Å². The molecule has 8 aliphatic heterocycles. The summed E-state index contributed by atoms with van der Waals surface area (Å²) in [6.45, 7) is 11.1. The SMILES string of the molecule is C[Si]1(C)[C@]2(c3ccccc3)C(c3ccccc3)=C(c3ccccc3)[C@@]1(c1ccccc1)[C@@H]1[C@H]2[C@@H]2O[C@H]1c1cc3c(cc12)[C@@H]1O[C@H]3[C@@H]2[C@H]1[C@]1(c3ccccc3)C(c3ccccc3)=C(c3ccccc3)[C@@]2(c2ccccc2)[Si]1(C)C. The van der Waals surface area contributed by atoms with Crippen LogP contribution in [0, 0.1) is 23.7 Å². The van der Waals surface area contributed by atoms with Crippen molar-refractivity contribution in [1.29, 1.82) is 0 Å². The van der Waals surface area contributed by atoms with Gasteiger partial charge < -0.3 is 9.47 Å². The zero-order chi connectivity index (χ0) is 52.0. The Balaban J connectivity index is 0.941. The highest BCUT2D eigenvalue weighted by Gasteiger charge is 2.88. The van der Waals surface area contributed by atoms with Crippen LogP contribution in [0.5, 0.6) is 0 Å². The van der Waals surface area contributed by atoms with Gasteiger partial charge in [-0.3, -0.25) is 0 Å². The van der Waals surface area contributed by atoms with Crippen molar-refractivity contribution in [2.45, 2.75) is 70.8 Å². The molecule has 9 aromatic carbocycles. The lowest BCUT2D eigenvalue weighted by atomic mass is 9.52. The van der Waals surface area contributed by atoms with Crippen LogP contribution < -0.4 is 0 Å². The highest BCUT2D eigenvalue weighted by Crippen LogP contribution is 2.88. The van der Waals surface area contributed by atoms with Gasteiger partial charge in [0.2, 0.25) is 0 Å². The molecule has 4 fully saturated rings. The van der Waals surface area contributed by atoms with Crippen LogP contribution in [0.4, 0.5) is 0 Å². The summed E-state index contributed by atoms with van der Waals surface area (Å²) in [5.41, 5.74) is 22.9. The van der Waals surface area contributed by atoms with E-state index in [9.17, 15) is 0 Å². The lowest BCUT2D eigenvalue weighted by Gasteiger charge is -2.48. The lowest BCUT2D eigenvalue weighted by molar-refractivity contribution is 0.0437. The molecule has 8 bridgehead atoms. The topological polar surface area (TPSA) is 18.5 Å². The molecule has 0 saturated carbocycles. The fourth-order valence-electron chi connectivity index (χ4n) is 20.6. The van der Waals surface area contributed by atoms with E-state index in [2.05, 4.69) is 281 Å². The van der Waals surface area contributed by atoms with Crippen molar-refractivity contribution in [1.82, 2.24) is 0 Å². The minimum absolute atomic E-state index is 0.0853. The van der Waals surface area contributed by atoms with E-state index in [1.165, 1.54) is 89.1 Å². The Morgan fingerprint density at radius 3 is 0.628 bits per heavy atom. The molecule has 2 nitrogen and oxygen atoms in total. The highest BCUT2D eigenvalue weighted by molar-refractivity contribution is 6.91. The number of ether oxygens (including phenoxy) is 2. The number of benzene rings is 9. The summed E-state index contributed by atoms with van der Waals surface area (Å²) >= 11 is 0. The van der Waals surface area contributed by atoms with Crippen LogP contribution in [0.3, 0.4) is 0 Å². The van der Waals surface area contributed by atoms with E-state index < -0.39 is 16.1 Å². The van der Waals surface area contributed by atoms with Crippen molar-refractivity contribution in [2.75, 3.05) is 0 Å². The van der Waals surface area contributed by atoms with Crippen molar-refractivity contribution in [3.8, 4) is 0 Å². The Bertz CT molecular complexity index is 3450. The van der Waals surface area contributed by atoms with Crippen LogP contribution in [-0.2, 0) is 29.6 Å². The van der Waals surface area contributed by atoms with Crippen molar-refractivity contribution < 1.29 is 9.47 Å². The van der Waals surface area contributed by atoms with E-state index >= 15 is 0 Å². The Kier molecular flexibility index (Phi) is 9.26. The first-order valence-electron chi connectivity index (χ1n) is 28.7. The van der Waals surface area contributed by atoms with Gasteiger partial charge in [-0.15, -0.1) is 0 Å². The number of hydrogen-bond acceptors (Lipinski definition) is 2. The Labute approximate surface area is 461 Å². The third kappa shape index (κ3) is 4.95. The summed E-state index contributed by atoms with van der Waals surface area (Å²) in [5, 5.41) is -1.16. The van der Waals surface area contributed by atoms with Gasteiger partial charge >= 0.3 is 0 Å². The molecule has 4 saturated heterocycles. The maximum atomic E-state index is 7.98. The average molecular weight is 1040 g/mol. The fourth-order valence-corrected chi connectivity index (χ4v) is 33.6.